The van der Waals surface area contributed by atoms with E-state index >= 15 is 0 Å². The standard InChI is InChI=1S/C29H28F3N9O3/c30-29(31,32)25-23(15-37-38-26(25)42)41-16-19-3-1-2-4-22(19)24(41)17-44-21-9-20(13-34-14-21)27(43)39-5-7-40(8-6-39)28-35-11-18(10-33)12-36-28/h1-4,9,11-14,23-25,37H,5-8,15-17H2,(H,38,42)/t23?,24-,25?/m0/s1. The Bertz CT molecular complexity index is 1570. The molecule has 0 aliphatic carbocycles. The van der Waals surface area contributed by atoms with Crippen molar-refractivity contribution in [2.75, 3.05) is 44.2 Å². The largest absolute Gasteiger partial charge is 0.490 e. The van der Waals surface area contributed by atoms with Crippen LogP contribution in [0, 0.1) is 17.2 Å². The number of nitrogens with one attached hydrogen (secondary N) is 2. The van der Waals surface area contributed by atoms with E-state index in [0.717, 1.165) is 11.1 Å². The summed E-state index contributed by atoms with van der Waals surface area (Å²) >= 11 is 0. The summed E-state index contributed by atoms with van der Waals surface area (Å²) in [5.41, 5.74) is 7.08. The van der Waals surface area contributed by atoms with Crippen LogP contribution in [-0.4, -0.2) is 88.1 Å². The minimum absolute atomic E-state index is 0.0116. The van der Waals surface area contributed by atoms with Gasteiger partial charge in [-0.2, -0.15) is 18.4 Å². The Morgan fingerprint density at radius 2 is 1.84 bits per heavy atom. The van der Waals surface area contributed by atoms with Gasteiger partial charge in [0.2, 0.25) is 11.9 Å². The Morgan fingerprint density at radius 1 is 1.09 bits per heavy atom. The minimum Gasteiger partial charge on any atom is -0.490 e. The number of piperazine rings is 1. The summed E-state index contributed by atoms with van der Waals surface area (Å²) in [6.07, 6.45) is 1.09. The van der Waals surface area contributed by atoms with Crippen molar-refractivity contribution in [1.29, 1.82) is 5.26 Å². The first-order chi connectivity index (χ1) is 21.2. The highest BCUT2D eigenvalue weighted by atomic mass is 19.4. The number of benzene rings is 1. The Hall–Kier alpha value is -4.81. The summed E-state index contributed by atoms with van der Waals surface area (Å²) in [4.78, 5) is 43.5. The second kappa shape index (κ2) is 12.1. The molecule has 3 atom stereocenters. The van der Waals surface area contributed by atoms with Gasteiger partial charge in [-0.25, -0.2) is 15.4 Å². The van der Waals surface area contributed by atoms with Gasteiger partial charge in [-0.15, -0.1) is 0 Å². The van der Waals surface area contributed by atoms with Crippen molar-refractivity contribution in [3.05, 3.63) is 77.4 Å². The molecule has 15 heteroatoms. The maximum atomic E-state index is 14.0. The van der Waals surface area contributed by atoms with Crippen molar-refractivity contribution < 1.29 is 27.5 Å². The first-order valence-electron chi connectivity index (χ1n) is 14.0. The fourth-order valence-electron chi connectivity index (χ4n) is 5.94. The molecule has 2 unspecified atom stereocenters. The molecule has 5 heterocycles. The predicted molar refractivity (Wildman–Crippen MR) is 149 cm³/mol. The number of fused-ring (bicyclic) bond motifs is 1. The molecular weight excluding hydrogens is 579 g/mol. The van der Waals surface area contributed by atoms with E-state index in [-0.39, 0.29) is 25.6 Å². The van der Waals surface area contributed by atoms with Crippen molar-refractivity contribution in [2.45, 2.75) is 24.8 Å². The van der Waals surface area contributed by atoms with E-state index in [0.29, 0.717) is 49.0 Å². The molecule has 1 aromatic carbocycles. The number of carbonyl (C=O) groups excluding carboxylic acids is 2. The molecule has 12 nitrogen and oxygen atoms in total. The number of nitrogens with zero attached hydrogens (tertiary/aromatic N) is 7. The van der Waals surface area contributed by atoms with Gasteiger partial charge >= 0.3 is 6.18 Å². The molecule has 44 heavy (non-hydrogen) atoms. The number of ether oxygens (including phenoxy) is 1. The number of aromatic nitrogens is 3. The maximum Gasteiger partial charge on any atom is 0.402 e. The van der Waals surface area contributed by atoms with Gasteiger partial charge in [-0.3, -0.25) is 24.9 Å². The third-order valence-corrected chi connectivity index (χ3v) is 8.12. The number of rotatable bonds is 6. The zero-order valence-electron chi connectivity index (χ0n) is 23.4. The molecule has 2 N–H and O–H groups in total. The number of halogens is 3. The van der Waals surface area contributed by atoms with Gasteiger partial charge in [0.25, 0.3) is 5.91 Å². The lowest BCUT2D eigenvalue weighted by Crippen LogP contribution is -2.64. The lowest BCUT2D eigenvalue weighted by atomic mass is 9.94. The van der Waals surface area contributed by atoms with Gasteiger partial charge in [0, 0.05) is 51.5 Å². The highest BCUT2D eigenvalue weighted by Gasteiger charge is 2.55. The molecular formula is C29H28F3N9O3. The summed E-state index contributed by atoms with van der Waals surface area (Å²) < 4.78 is 48.1. The molecule has 2 aromatic heterocycles. The number of anilines is 1. The highest BCUT2D eigenvalue weighted by molar-refractivity contribution is 5.94. The fraction of sp³-hybridized carbons (Fsp3) is 0.379. The average molecular weight is 608 g/mol. The molecule has 3 aliphatic heterocycles. The molecule has 2 saturated heterocycles. The summed E-state index contributed by atoms with van der Waals surface area (Å²) in [5, 5.41) is 8.94. The summed E-state index contributed by atoms with van der Waals surface area (Å²) in [6.45, 7) is 1.98. The summed E-state index contributed by atoms with van der Waals surface area (Å²) in [5.74, 6) is -2.76. The van der Waals surface area contributed by atoms with Crippen LogP contribution < -0.4 is 20.5 Å². The van der Waals surface area contributed by atoms with Gasteiger partial charge in [-0.05, 0) is 17.2 Å². The quantitative estimate of drug-likeness (QED) is 0.427. The molecule has 0 saturated carbocycles. The van der Waals surface area contributed by atoms with Crippen molar-refractivity contribution in [2.24, 2.45) is 5.92 Å². The molecule has 2 fully saturated rings. The summed E-state index contributed by atoms with van der Waals surface area (Å²) in [7, 11) is 0. The van der Waals surface area contributed by atoms with Crippen molar-refractivity contribution >= 4 is 17.8 Å². The molecule has 3 aliphatic rings. The van der Waals surface area contributed by atoms with Crippen LogP contribution in [0.2, 0.25) is 0 Å². The second-order valence-corrected chi connectivity index (χ2v) is 10.7. The Kier molecular flexibility index (Phi) is 8.02. The monoisotopic (exact) mass is 607 g/mol. The van der Waals surface area contributed by atoms with E-state index in [2.05, 4.69) is 25.8 Å². The van der Waals surface area contributed by atoms with Crippen LogP contribution in [0.4, 0.5) is 19.1 Å². The Balaban J connectivity index is 1.13. The third-order valence-electron chi connectivity index (χ3n) is 8.12. The van der Waals surface area contributed by atoms with Crippen LogP contribution in [0.5, 0.6) is 5.75 Å². The first-order valence-corrected chi connectivity index (χ1v) is 14.0. The van der Waals surface area contributed by atoms with Crippen LogP contribution in [0.3, 0.4) is 0 Å². The number of carbonyl (C=O) groups is 2. The fourth-order valence-corrected chi connectivity index (χ4v) is 5.94. The van der Waals surface area contributed by atoms with Crippen molar-refractivity contribution in [3.63, 3.8) is 0 Å². The average Bonchev–Trinajstić information content (AvgIpc) is 3.41. The van der Waals surface area contributed by atoms with Gasteiger partial charge in [0.15, 0.2) is 5.92 Å². The van der Waals surface area contributed by atoms with Crippen LogP contribution in [0.15, 0.2) is 55.1 Å². The number of alkyl halides is 3. The van der Waals surface area contributed by atoms with E-state index in [1.54, 1.807) is 15.9 Å². The zero-order valence-corrected chi connectivity index (χ0v) is 23.4. The second-order valence-electron chi connectivity index (χ2n) is 10.7. The van der Waals surface area contributed by atoms with Crippen molar-refractivity contribution in [1.82, 2.24) is 35.6 Å². The number of hydrazine groups is 1. The molecule has 0 spiro atoms. The van der Waals surface area contributed by atoms with Crippen molar-refractivity contribution in [3.8, 4) is 11.8 Å². The van der Waals surface area contributed by atoms with Crippen LogP contribution in [0.1, 0.15) is 33.1 Å². The summed E-state index contributed by atoms with van der Waals surface area (Å²) in [6, 6.07) is 9.19. The predicted octanol–water partition coefficient (Wildman–Crippen LogP) is 1.82. The Labute approximate surface area is 250 Å². The number of hydrogen-bond donors (Lipinski definition) is 2. The van der Waals surface area contributed by atoms with E-state index in [1.165, 1.54) is 24.8 Å². The molecule has 228 valence electrons. The van der Waals surface area contributed by atoms with E-state index in [9.17, 15) is 22.8 Å². The SMILES string of the molecule is N#Cc1cnc(N2CCN(C(=O)c3cncc(OC[C@H]4c5ccccc5CN4C4CNNC(=O)C4C(F)(F)F)c3)CC2)nc1. The normalized spacial score (nSPS) is 22.2. The Morgan fingerprint density at radius 3 is 2.57 bits per heavy atom. The molecule has 3 aromatic rings. The molecule has 2 amide bonds. The number of pyridine rings is 1. The zero-order chi connectivity index (χ0) is 30.8. The van der Waals surface area contributed by atoms with E-state index < -0.39 is 30.1 Å². The van der Waals surface area contributed by atoms with Gasteiger partial charge in [0.05, 0.1) is 35.8 Å². The van der Waals surface area contributed by atoms with Crippen LogP contribution in [-0.2, 0) is 11.3 Å². The highest BCUT2D eigenvalue weighted by Crippen LogP contribution is 2.41. The molecule has 0 bridgehead atoms. The smallest absolute Gasteiger partial charge is 0.402 e. The van der Waals surface area contributed by atoms with Gasteiger partial charge in [0.1, 0.15) is 18.4 Å². The minimum atomic E-state index is -4.73. The lowest BCUT2D eigenvalue weighted by molar-refractivity contribution is -0.202. The molecule has 6 rings (SSSR count). The maximum absolute atomic E-state index is 14.0. The molecule has 0 radical (unpaired) electrons. The van der Waals surface area contributed by atoms with Gasteiger partial charge in [-0.1, -0.05) is 24.3 Å². The lowest BCUT2D eigenvalue weighted by Gasteiger charge is -2.40. The van der Waals surface area contributed by atoms with E-state index in [4.69, 9.17) is 10.00 Å². The van der Waals surface area contributed by atoms with E-state index in [1.807, 2.05) is 35.2 Å². The first kappa shape index (κ1) is 29.3. The number of nitriles is 1. The third kappa shape index (κ3) is 5.86. The topological polar surface area (TPSA) is 140 Å². The number of amides is 2. The van der Waals surface area contributed by atoms with Crippen LogP contribution >= 0.6 is 0 Å². The van der Waals surface area contributed by atoms with Gasteiger partial charge < -0.3 is 14.5 Å². The number of hydrogen-bond acceptors (Lipinski definition) is 10. The van der Waals surface area contributed by atoms with Crippen LogP contribution in [0.25, 0.3) is 0 Å².